The van der Waals surface area contributed by atoms with Gasteiger partial charge in [-0.05, 0) is 41.3 Å². The number of hydrogen-bond acceptors (Lipinski definition) is 5. The summed E-state index contributed by atoms with van der Waals surface area (Å²) in [7, 11) is 1.72. The lowest BCUT2D eigenvalue weighted by Crippen LogP contribution is -2.35. The van der Waals surface area contributed by atoms with Crippen LogP contribution in [0.1, 0.15) is 26.3 Å². The molecule has 0 radical (unpaired) electrons. The third kappa shape index (κ3) is 3.67. The van der Waals surface area contributed by atoms with Crippen molar-refractivity contribution in [1.82, 2.24) is 4.57 Å². The molecule has 30 heavy (non-hydrogen) atoms. The topological polar surface area (TPSA) is 85.4 Å². The van der Waals surface area contributed by atoms with Gasteiger partial charge in [0.2, 0.25) is 12.0 Å². The van der Waals surface area contributed by atoms with Crippen molar-refractivity contribution in [3.8, 4) is 17.4 Å². The van der Waals surface area contributed by atoms with Gasteiger partial charge in [-0.15, -0.1) is 10.2 Å². The van der Waals surface area contributed by atoms with Crippen LogP contribution in [0, 0.1) is 0 Å². The van der Waals surface area contributed by atoms with Gasteiger partial charge in [0.05, 0.1) is 5.52 Å². The fraction of sp³-hybridized carbons (Fsp3) is 0.318. The predicted molar refractivity (Wildman–Crippen MR) is 117 cm³/mol. The zero-order chi connectivity index (χ0) is 21.6. The van der Waals surface area contributed by atoms with Gasteiger partial charge in [-0.2, -0.15) is 0 Å². The number of azo groups is 1. The Hall–Kier alpha value is -2.87. The van der Waals surface area contributed by atoms with Crippen molar-refractivity contribution in [2.75, 3.05) is 6.61 Å². The zero-order valence-corrected chi connectivity index (χ0v) is 18.7. The molecule has 0 aliphatic carbocycles. The highest BCUT2D eigenvalue weighted by atomic mass is 79.9. The van der Waals surface area contributed by atoms with Crippen LogP contribution < -0.4 is 9.47 Å². The minimum absolute atomic E-state index is 0.0484. The van der Waals surface area contributed by atoms with E-state index >= 15 is 0 Å². The Morgan fingerprint density at radius 2 is 1.97 bits per heavy atom. The Bertz CT molecular complexity index is 1180. The van der Waals surface area contributed by atoms with Gasteiger partial charge in [0.25, 0.3) is 0 Å². The Morgan fingerprint density at radius 1 is 1.20 bits per heavy atom. The maximum absolute atomic E-state index is 12.6. The lowest BCUT2D eigenvalue weighted by atomic mass is 9.87. The van der Waals surface area contributed by atoms with Gasteiger partial charge in [-0.3, -0.25) is 4.79 Å². The summed E-state index contributed by atoms with van der Waals surface area (Å²) in [4.78, 5) is 12.6. The number of fused-ring (bicyclic) bond motifs is 2. The lowest BCUT2D eigenvalue weighted by molar-refractivity contribution is -0.127. The molecule has 0 saturated carbocycles. The van der Waals surface area contributed by atoms with E-state index in [1.165, 1.54) is 0 Å². The van der Waals surface area contributed by atoms with E-state index in [-0.39, 0.29) is 23.6 Å². The highest BCUT2D eigenvalue weighted by Crippen LogP contribution is 2.40. The monoisotopic (exact) mass is 471 g/mol. The molecule has 0 saturated heterocycles. The number of carbonyl (C=O) groups is 1. The Kier molecular flexibility index (Phi) is 5.05. The van der Waals surface area contributed by atoms with Gasteiger partial charge in [0.15, 0.2) is 17.2 Å². The molecule has 2 aromatic carbocycles. The summed E-state index contributed by atoms with van der Waals surface area (Å²) >= 11 is 3.41. The van der Waals surface area contributed by atoms with Gasteiger partial charge in [0.1, 0.15) is 6.61 Å². The van der Waals surface area contributed by atoms with Crippen LogP contribution in [0.25, 0.3) is 10.9 Å². The molecule has 3 aromatic rings. The zero-order valence-electron chi connectivity index (χ0n) is 17.1. The molecule has 4 rings (SSSR count). The normalized spacial score (nSPS) is 16.4. The number of aryl methyl sites for hydroxylation is 1. The first-order chi connectivity index (χ1) is 14.1. The first-order valence-corrected chi connectivity index (χ1v) is 10.3. The maximum atomic E-state index is 12.6. The molecule has 1 aromatic heterocycles. The second kappa shape index (κ2) is 7.43. The molecule has 1 amide bonds. The number of benzene rings is 2. The van der Waals surface area contributed by atoms with E-state index in [0.717, 1.165) is 15.6 Å². The second-order valence-corrected chi connectivity index (χ2v) is 9.18. The lowest BCUT2D eigenvalue weighted by Gasteiger charge is -2.27. The number of amides is 1. The minimum atomic E-state index is -0.902. The fourth-order valence-electron chi connectivity index (χ4n) is 3.31. The summed E-state index contributed by atoms with van der Waals surface area (Å²) in [5, 5.41) is 18.9. The van der Waals surface area contributed by atoms with Crippen LogP contribution in [0.4, 0.5) is 5.69 Å². The Balaban J connectivity index is 1.59. The molecule has 0 spiro atoms. The number of aromatic nitrogens is 1. The maximum Gasteiger partial charge on any atom is 0.308 e. The second-order valence-electron chi connectivity index (χ2n) is 8.26. The number of nitrogens with zero attached hydrogens (tertiary/aromatic N) is 3. The quantitative estimate of drug-likeness (QED) is 0.507. The minimum Gasteiger partial charge on any atom is -0.493 e. The Labute approximate surface area is 182 Å². The van der Waals surface area contributed by atoms with E-state index in [0.29, 0.717) is 16.9 Å². The number of rotatable bonds is 2. The highest BCUT2D eigenvalue weighted by molar-refractivity contribution is 9.10. The van der Waals surface area contributed by atoms with Crippen LogP contribution in [0.3, 0.4) is 0 Å². The van der Waals surface area contributed by atoms with Crippen molar-refractivity contribution in [3.05, 3.63) is 46.4 Å². The molecule has 0 fully saturated rings. The number of hydrogen-bond donors (Lipinski definition) is 1. The first kappa shape index (κ1) is 20.4. The van der Waals surface area contributed by atoms with Gasteiger partial charge in [-0.25, -0.2) is 0 Å². The van der Waals surface area contributed by atoms with Crippen LogP contribution in [0.5, 0.6) is 17.4 Å². The summed E-state index contributed by atoms with van der Waals surface area (Å²) in [5.41, 5.74) is 2.02. The molecule has 1 atom stereocenters. The summed E-state index contributed by atoms with van der Waals surface area (Å²) in [6, 6.07) is 11.3. The van der Waals surface area contributed by atoms with E-state index < -0.39 is 12.0 Å². The molecular formula is C22H22BrN3O4. The predicted octanol–water partition coefficient (Wildman–Crippen LogP) is 5.39. The van der Waals surface area contributed by atoms with Crippen LogP contribution in [0.15, 0.2) is 51.1 Å². The third-order valence-electron chi connectivity index (χ3n) is 5.10. The van der Waals surface area contributed by atoms with Crippen LogP contribution in [-0.2, 0) is 17.3 Å². The number of ether oxygens (including phenoxy) is 2. The van der Waals surface area contributed by atoms with Gasteiger partial charge in [0, 0.05) is 16.9 Å². The average Bonchev–Trinajstić information content (AvgIpc) is 2.94. The smallest absolute Gasteiger partial charge is 0.308 e. The van der Waals surface area contributed by atoms with Crippen molar-refractivity contribution >= 4 is 38.4 Å². The van der Waals surface area contributed by atoms with Crippen molar-refractivity contribution in [2.24, 2.45) is 17.3 Å². The molecule has 1 aliphatic rings. The van der Waals surface area contributed by atoms with E-state index in [9.17, 15) is 9.90 Å². The van der Waals surface area contributed by atoms with Gasteiger partial charge < -0.3 is 19.1 Å². The number of halogens is 1. The molecule has 2 heterocycles. The van der Waals surface area contributed by atoms with Crippen molar-refractivity contribution in [1.29, 1.82) is 0 Å². The summed E-state index contributed by atoms with van der Waals surface area (Å²) < 4.78 is 14.0. The van der Waals surface area contributed by atoms with E-state index in [1.807, 2.05) is 36.4 Å². The molecule has 156 valence electrons. The summed E-state index contributed by atoms with van der Waals surface area (Å²) in [6.07, 6.45) is -0.902. The van der Waals surface area contributed by atoms with Crippen molar-refractivity contribution in [2.45, 2.75) is 32.3 Å². The van der Waals surface area contributed by atoms with Crippen LogP contribution in [-0.4, -0.2) is 28.3 Å². The van der Waals surface area contributed by atoms with E-state index in [4.69, 9.17) is 9.47 Å². The average molecular weight is 472 g/mol. The van der Waals surface area contributed by atoms with E-state index in [2.05, 4.69) is 46.9 Å². The van der Waals surface area contributed by atoms with Crippen LogP contribution in [0.2, 0.25) is 0 Å². The summed E-state index contributed by atoms with van der Waals surface area (Å²) in [6.45, 7) is 6.35. The fourth-order valence-corrected chi connectivity index (χ4v) is 3.67. The summed E-state index contributed by atoms with van der Waals surface area (Å²) in [5.74, 6) is 0.466. The van der Waals surface area contributed by atoms with Gasteiger partial charge >= 0.3 is 5.91 Å². The molecule has 0 unspecified atom stereocenters. The van der Waals surface area contributed by atoms with Crippen molar-refractivity contribution < 1.29 is 19.4 Å². The molecule has 8 heteroatoms. The van der Waals surface area contributed by atoms with E-state index in [1.54, 1.807) is 11.6 Å². The largest absolute Gasteiger partial charge is 0.493 e. The standard InChI is InChI=1S/C22H22BrN3O4/c1-22(2,3)12-5-8-16-17(9-12)30-18(11-29-16)20(27)25-24-19-14-10-13(23)6-7-15(14)26(4)21(19)28/h5-10,18,28H,11H2,1-4H3/t18-/m0/s1. The molecule has 7 nitrogen and oxygen atoms in total. The molecule has 0 bridgehead atoms. The first-order valence-electron chi connectivity index (χ1n) is 9.51. The van der Waals surface area contributed by atoms with Crippen LogP contribution >= 0.6 is 15.9 Å². The third-order valence-corrected chi connectivity index (χ3v) is 5.59. The SMILES string of the molecule is Cn1c(O)c(N=NC(=O)[C@@H]2COc3ccc(C(C)(C)C)cc3O2)c2cc(Br)ccc21. The van der Waals surface area contributed by atoms with Gasteiger partial charge in [-0.1, -0.05) is 42.8 Å². The highest BCUT2D eigenvalue weighted by Gasteiger charge is 2.29. The number of carbonyl (C=O) groups excluding carboxylic acids is 1. The molecule has 1 N–H and O–H groups in total. The Morgan fingerprint density at radius 3 is 2.70 bits per heavy atom. The van der Waals surface area contributed by atoms with Crippen molar-refractivity contribution in [3.63, 3.8) is 0 Å². The number of aromatic hydroxyl groups is 1. The molecular weight excluding hydrogens is 450 g/mol. The molecule has 1 aliphatic heterocycles.